The van der Waals surface area contributed by atoms with Crippen molar-refractivity contribution in [3.63, 3.8) is 0 Å². The molecular weight excluding hydrogens is 346 g/mol. The SMILES string of the molecule is COC(=O)[C@H](Cc1cccc(Br)c1)NC(=O)CC1CCCC1. The molecule has 1 aromatic rings. The van der Waals surface area contributed by atoms with Crippen molar-refractivity contribution in [2.75, 3.05) is 7.11 Å². The van der Waals surface area contributed by atoms with Crippen LogP contribution in [0.4, 0.5) is 0 Å². The predicted molar refractivity (Wildman–Crippen MR) is 88.4 cm³/mol. The molecule has 120 valence electrons. The number of esters is 1. The molecule has 1 aromatic carbocycles. The van der Waals surface area contributed by atoms with Crippen LogP contribution in [0.1, 0.15) is 37.7 Å². The van der Waals surface area contributed by atoms with Crippen molar-refractivity contribution in [1.82, 2.24) is 5.32 Å². The molecule has 4 nitrogen and oxygen atoms in total. The zero-order valence-corrected chi connectivity index (χ0v) is 14.4. The summed E-state index contributed by atoms with van der Waals surface area (Å²) < 4.78 is 5.77. The summed E-state index contributed by atoms with van der Waals surface area (Å²) >= 11 is 3.41. The van der Waals surface area contributed by atoms with E-state index in [1.807, 2.05) is 24.3 Å². The van der Waals surface area contributed by atoms with Gasteiger partial charge in [-0.1, -0.05) is 40.9 Å². The zero-order chi connectivity index (χ0) is 15.9. The lowest BCUT2D eigenvalue weighted by Gasteiger charge is -2.18. The maximum atomic E-state index is 12.2. The summed E-state index contributed by atoms with van der Waals surface area (Å²) in [5.41, 5.74) is 0.978. The van der Waals surface area contributed by atoms with Crippen LogP contribution in [0.3, 0.4) is 0 Å². The topological polar surface area (TPSA) is 55.4 Å². The number of rotatable bonds is 6. The first kappa shape index (κ1) is 17.0. The Hall–Kier alpha value is -1.36. The van der Waals surface area contributed by atoms with Gasteiger partial charge in [0.15, 0.2) is 0 Å². The fourth-order valence-corrected chi connectivity index (χ4v) is 3.41. The van der Waals surface area contributed by atoms with E-state index in [1.54, 1.807) is 0 Å². The van der Waals surface area contributed by atoms with E-state index < -0.39 is 12.0 Å². The highest BCUT2D eigenvalue weighted by molar-refractivity contribution is 9.10. The van der Waals surface area contributed by atoms with Crippen LogP contribution in [0.25, 0.3) is 0 Å². The minimum Gasteiger partial charge on any atom is -0.467 e. The summed E-state index contributed by atoms with van der Waals surface area (Å²) in [6.07, 6.45) is 5.57. The van der Waals surface area contributed by atoms with Gasteiger partial charge in [-0.25, -0.2) is 4.79 Å². The van der Waals surface area contributed by atoms with E-state index in [2.05, 4.69) is 21.2 Å². The lowest BCUT2D eigenvalue weighted by atomic mass is 10.0. The molecule has 0 aliphatic heterocycles. The molecule has 0 spiro atoms. The van der Waals surface area contributed by atoms with Gasteiger partial charge in [0.2, 0.25) is 5.91 Å². The van der Waals surface area contributed by atoms with E-state index in [-0.39, 0.29) is 5.91 Å². The summed E-state index contributed by atoms with van der Waals surface area (Å²) in [5.74, 6) is 0.00112. The highest BCUT2D eigenvalue weighted by atomic mass is 79.9. The van der Waals surface area contributed by atoms with Gasteiger partial charge < -0.3 is 10.1 Å². The second kappa shape index (κ2) is 8.32. The predicted octanol–water partition coefficient (Wildman–Crippen LogP) is 3.23. The second-order valence-electron chi connectivity index (χ2n) is 5.83. The van der Waals surface area contributed by atoms with Crippen molar-refractivity contribution in [3.8, 4) is 0 Å². The average molecular weight is 368 g/mol. The number of benzene rings is 1. The molecule has 2 rings (SSSR count). The Morgan fingerprint density at radius 2 is 2.09 bits per heavy atom. The number of methoxy groups -OCH3 is 1. The van der Waals surface area contributed by atoms with Gasteiger partial charge in [0.25, 0.3) is 0 Å². The molecule has 0 heterocycles. The zero-order valence-electron chi connectivity index (χ0n) is 12.8. The standard InChI is InChI=1S/C17H22BrNO3/c1-22-17(21)15(10-13-7-4-8-14(18)9-13)19-16(20)11-12-5-2-3-6-12/h4,7-9,12,15H,2-3,5-6,10-11H2,1H3,(H,19,20)/t15-/m0/s1. The van der Waals surface area contributed by atoms with Gasteiger partial charge in [-0.2, -0.15) is 0 Å². The van der Waals surface area contributed by atoms with Crippen molar-refractivity contribution in [2.24, 2.45) is 5.92 Å². The number of halogens is 1. The fraction of sp³-hybridized carbons (Fsp3) is 0.529. The van der Waals surface area contributed by atoms with Gasteiger partial charge in [0.05, 0.1) is 7.11 Å². The number of hydrogen-bond donors (Lipinski definition) is 1. The molecular formula is C17H22BrNO3. The van der Waals surface area contributed by atoms with Crippen LogP contribution in [-0.4, -0.2) is 25.0 Å². The summed E-state index contributed by atoms with van der Waals surface area (Å²) in [6, 6.07) is 7.08. The van der Waals surface area contributed by atoms with Gasteiger partial charge in [0, 0.05) is 17.3 Å². The van der Waals surface area contributed by atoms with E-state index in [4.69, 9.17) is 4.74 Å². The molecule has 1 N–H and O–H groups in total. The van der Waals surface area contributed by atoms with Gasteiger partial charge in [-0.3, -0.25) is 4.79 Å². The van der Waals surface area contributed by atoms with Crippen LogP contribution in [-0.2, 0) is 20.7 Å². The monoisotopic (exact) mass is 367 g/mol. The summed E-state index contributed by atoms with van der Waals surface area (Å²) in [7, 11) is 1.35. The van der Waals surface area contributed by atoms with Gasteiger partial charge in [-0.05, 0) is 36.5 Å². The molecule has 1 aliphatic rings. The first-order valence-electron chi connectivity index (χ1n) is 7.70. The Balaban J connectivity index is 1.96. The van der Waals surface area contributed by atoms with Crippen LogP contribution in [0.2, 0.25) is 0 Å². The van der Waals surface area contributed by atoms with E-state index in [0.29, 0.717) is 18.8 Å². The number of hydrogen-bond acceptors (Lipinski definition) is 3. The summed E-state index contributed by atoms with van der Waals surface area (Å²) in [5, 5.41) is 2.83. The molecule has 0 aromatic heterocycles. The highest BCUT2D eigenvalue weighted by Crippen LogP contribution is 2.27. The number of amides is 1. The number of nitrogens with one attached hydrogen (secondary N) is 1. The Morgan fingerprint density at radius 3 is 2.73 bits per heavy atom. The van der Waals surface area contributed by atoms with Crippen LogP contribution >= 0.6 is 15.9 Å². The maximum absolute atomic E-state index is 12.2. The molecule has 0 radical (unpaired) electrons. The van der Waals surface area contributed by atoms with Crippen LogP contribution < -0.4 is 5.32 Å². The van der Waals surface area contributed by atoms with Gasteiger partial charge in [-0.15, -0.1) is 0 Å². The normalized spacial score (nSPS) is 16.3. The molecule has 1 saturated carbocycles. The Labute approximate surface area is 139 Å². The van der Waals surface area contributed by atoms with E-state index >= 15 is 0 Å². The molecule has 5 heteroatoms. The summed E-state index contributed by atoms with van der Waals surface area (Å²) in [6.45, 7) is 0. The van der Waals surface area contributed by atoms with Crippen molar-refractivity contribution >= 4 is 27.8 Å². The Morgan fingerprint density at radius 1 is 1.36 bits per heavy atom. The third kappa shape index (κ3) is 5.13. The summed E-state index contributed by atoms with van der Waals surface area (Å²) in [4.78, 5) is 24.1. The molecule has 22 heavy (non-hydrogen) atoms. The smallest absolute Gasteiger partial charge is 0.328 e. The third-order valence-corrected chi connectivity index (χ3v) is 4.59. The van der Waals surface area contributed by atoms with Crippen molar-refractivity contribution in [3.05, 3.63) is 34.3 Å². The minimum absolute atomic E-state index is 0.0581. The van der Waals surface area contributed by atoms with Crippen molar-refractivity contribution in [1.29, 1.82) is 0 Å². The average Bonchev–Trinajstić information content (AvgIpc) is 2.98. The maximum Gasteiger partial charge on any atom is 0.328 e. The molecule has 0 bridgehead atoms. The van der Waals surface area contributed by atoms with Gasteiger partial charge in [0.1, 0.15) is 6.04 Å². The molecule has 1 fully saturated rings. The quantitative estimate of drug-likeness (QED) is 0.785. The Kier molecular flexibility index (Phi) is 6.43. The number of carbonyl (C=O) groups excluding carboxylic acids is 2. The molecule has 0 unspecified atom stereocenters. The molecule has 1 atom stereocenters. The first-order chi connectivity index (χ1) is 10.6. The van der Waals surface area contributed by atoms with E-state index in [9.17, 15) is 9.59 Å². The van der Waals surface area contributed by atoms with E-state index in [0.717, 1.165) is 22.9 Å². The van der Waals surface area contributed by atoms with Crippen LogP contribution in [0.15, 0.2) is 28.7 Å². The molecule has 1 aliphatic carbocycles. The van der Waals surface area contributed by atoms with Gasteiger partial charge >= 0.3 is 5.97 Å². The third-order valence-electron chi connectivity index (χ3n) is 4.10. The fourth-order valence-electron chi connectivity index (χ4n) is 2.97. The van der Waals surface area contributed by atoms with Crippen molar-refractivity contribution < 1.29 is 14.3 Å². The van der Waals surface area contributed by atoms with Crippen molar-refractivity contribution in [2.45, 2.75) is 44.6 Å². The lowest BCUT2D eigenvalue weighted by molar-refractivity contribution is -0.145. The minimum atomic E-state index is -0.631. The number of carbonyl (C=O) groups is 2. The Bertz CT molecular complexity index is 526. The van der Waals surface area contributed by atoms with E-state index in [1.165, 1.54) is 20.0 Å². The number of ether oxygens (including phenoxy) is 1. The van der Waals surface area contributed by atoms with Crippen LogP contribution in [0, 0.1) is 5.92 Å². The molecule has 0 saturated heterocycles. The molecule has 1 amide bonds. The highest BCUT2D eigenvalue weighted by Gasteiger charge is 2.24. The largest absolute Gasteiger partial charge is 0.467 e. The van der Waals surface area contributed by atoms with Crippen LogP contribution in [0.5, 0.6) is 0 Å². The second-order valence-corrected chi connectivity index (χ2v) is 6.75. The lowest BCUT2D eigenvalue weighted by Crippen LogP contribution is -2.43. The first-order valence-corrected chi connectivity index (χ1v) is 8.49.